The van der Waals surface area contributed by atoms with Gasteiger partial charge in [-0.1, -0.05) is 18.2 Å². The van der Waals surface area contributed by atoms with Crippen molar-refractivity contribution in [1.29, 1.82) is 0 Å². The highest BCUT2D eigenvalue weighted by molar-refractivity contribution is 7.88. The zero-order chi connectivity index (χ0) is 16.6. The molecule has 1 aromatic rings. The maximum atomic E-state index is 13.0. The summed E-state index contributed by atoms with van der Waals surface area (Å²) < 4.78 is 24.7. The Balaban J connectivity index is 1.77. The second-order valence-electron chi connectivity index (χ2n) is 6.66. The molecular formula is C17H24N2O3S. The minimum Gasteiger partial charge on any atom is -0.309 e. The Bertz CT molecular complexity index is 694. The first kappa shape index (κ1) is 16.5. The van der Waals surface area contributed by atoms with E-state index in [1.807, 2.05) is 23.1 Å². The standard InChI is InChI=1S/C17H24N2O3S/c1-13-7-8-14-5-3-4-6-16(14)19(13)17(20)15-9-11-18(12-10-15)23(2,21)22/h3-6,13,15H,7-12H2,1-2H3. The van der Waals surface area contributed by atoms with Crippen LogP contribution in [0, 0.1) is 5.92 Å². The molecule has 5 nitrogen and oxygen atoms in total. The molecule has 0 N–H and O–H groups in total. The highest BCUT2D eigenvalue weighted by atomic mass is 32.2. The molecule has 0 aromatic heterocycles. The lowest BCUT2D eigenvalue weighted by molar-refractivity contribution is -0.124. The summed E-state index contributed by atoms with van der Waals surface area (Å²) in [4.78, 5) is 15.0. The van der Waals surface area contributed by atoms with Crippen LogP contribution in [0.1, 0.15) is 31.7 Å². The van der Waals surface area contributed by atoms with E-state index in [-0.39, 0.29) is 17.9 Å². The van der Waals surface area contributed by atoms with Crippen molar-refractivity contribution in [3.8, 4) is 0 Å². The van der Waals surface area contributed by atoms with Crippen LogP contribution >= 0.6 is 0 Å². The Morgan fingerprint density at radius 3 is 2.43 bits per heavy atom. The second-order valence-corrected chi connectivity index (χ2v) is 8.64. The number of sulfonamides is 1. The average molecular weight is 336 g/mol. The SMILES string of the molecule is CC1CCc2ccccc2N1C(=O)C1CCN(S(C)(=O)=O)CC1. The molecule has 3 rings (SSSR count). The molecule has 0 radical (unpaired) electrons. The molecule has 6 heteroatoms. The number of carbonyl (C=O) groups is 1. The van der Waals surface area contributed by atoms with Crippen LogP contribution in [-0.2, 0) is 21.2 Å². The predicted molar refractivity (Wildman–Crippen MR) is 90.9 cm³/mol. The largest absolute Gasteiger partial charge is 0.309 e. The van der Waals surface area contributed by atoms with Gasteiger partial charge in [0, 0.05) is 30.7 Å². The van der Waals surface area contributed by atoms with Crippen molar-refractivity contribution in [2.45, 2.75) is 38.6 Å². The summed E-state index contributed by atoms with van der Waals surface area (Å²) in [6.45, 7) is 2.98. The average Bonchev–Trinajstić information content (AvgIpc) is 2.53. The Kier molecular flexibility index (Phi) is 4.47. The number of aryl methyl sites for hydroxylation is 1. The summed E-state index contributed by atoms with van der Waals surface area (Å²) in [7, 11) is -3.15. The first-order chi connectivity index (χ1) is 10.9. The van der Waals surface area contributed by atoms with Gasteiger partial charge in [-0.2, -0.15) is 0 Å². The number of fused-ring (bicyclic) bond motifs is 1. The summed E-state index contributed by atoms with van der Waals surface area (Å²) in [6.07, 6.45) is 4.44. The van der Waals surface area contributed by atoms with Gasteiger partial charge in [-0.3, -0.25) is 4.79 Å². The topological polar surface area (TPSA) is 57.7 Å². The van der Waals surface area contributed by atoms with Crippen molar-refractivity contribution < 1.29 is 13.2 Å². The van der Waals surface area contributed by atoms with Gasteiger partial charge < -0.3 is 4.90 Å². The lowest BCUT2D eigenvalue weighted by atomic mass is 9.91. The number of anilines is 1. The van der Waals surface area contributed by atoms with Crippen LogP contribution in [0.15, 0.2) is 24.3 Å². The van der Waals surface area contributed by atoms with E-state index < -0.39 is 10.0 Å². The van der Waals surface area contributed by atoms with Gasteiger partial charge in [-0.15, -0.1) is 0 Å². The van der Waals surface area contributed by atoms with E-state index in [0.717, 1.165) is 18.5 Å². The molecule has 1 fully saturated rings. The monoisotopic (exact) mass is 336 g/mol. The van der Waals surface area contributed by atoms with Crippen LogP contribution in [0.3, 0.4) is 0 Å². The first-order valence-electron chi connectivity index (χ1n) is 8.24. The van der Waals surface area contributed by atoms with Crippen molar-refractivity contribution in [2.75, 3.05) is 24.2 Å². The molecule has 2 heterocycles. The smallest absolute Gasteiger partial charge is 0.230 e. The molecule has 126 valence electrons. The van der Waals surface area contributed by atoms with E-state index in [2.05, 4.69) is 13.0 Å². The van der Waals surface area contributed by atoms with E-state index in [4.69, 9.17) is 0 Å². The van der Waals surface area contributed by atoms with Gasteiger partial charge in [-0.05, 0) is 44.2 Å². The molecule has 2 aliphatic rings. The zero-order valence-electron chi connectivity index (χ0n) is 13.7. The number of hydrogen-bond donors (Lipinski definition) is 0. The van der Waals surface area contributed by atoms with Gasteiger partial charge in [0.25, 0.3) is 0 Å². The molecule has 2 aliphatic heterocycles. The summed E-state index contributed by atoms with van der Waals surface area (Å²) in [5.74, 6) is 0.0689. The second kappa shape index (κ2) is 6.24. The molecule has 1 saturated heterocycles. The van der Waals surface area contributed by atoms with Crippen molar-refractivity contribution in [3.05, 3.63) is 29.8 Å². The Morgan fingerprint density at radius 1 is 1.13 bits per heavy atom. The number of hydrogen-bond acceptors (Lipinski definition) is 3. The van der Waals surface area contributed by atoms with Gasteiger partial charge in [0.05, 0.1) is 6.26 Å². The number of rotatable bonds is 2. The van der Waals surface area contributed by atoms with Crippen LogP contribution in [0.2, 0.25) is 0 Å². The molecule has 0 bridgehead atoms. The van der Waals surface area contributed by atoms with E-state index >= 15 is 0 Å². The summed E-state index contributed by atoms with van der Waals surface area (Å²) >= 11 is 0. The fourth-order valence-electron chi connectivity index (χ4n) is 3.66. The fraction of sp³-hybridized carbons (Fsp3) is 0.588. The molecule has 1 unspecified atom stereocenters. The summed E-state index contributed by atoms with van der Waals surface area (Å²) in [6, 6.07) is 8.30. The third kappa shape index (κ3) is 3.28. The molecule has 23 heavy (non-hydrogen) atoms. The zero-order valence-corrected chi connectivity index (χ0v) is 14.6. The lowest BCUT2D eigenvalue weighted by Gasteiger charge is -2.39. The number of nitrogens with zero attached hydrogens (tertiary/aromatic N) is 2. The molecule has 1 atom stereocenters. The van der Waals surface area contributed by atoms with Crippen LogP contribution in [0.5, 0.6) is 0 Å². The lowest BCUT2D eigenvalue weighted by Crippen LogP contribution is -2.48. The third-order valence-corrected chi connectivity index (χ3v) is 6.34. The quantitative estimate of drug-likeness (QED) is 0.830. The van der Waals surface area contributed by atoms with Crippen LogP contribution in [0.25, 0.3) is 0 Å². The number of carbonyl (C=O) groups excluding carboxylic acids is 1. The van der Waals surface area contributed by atoms with Gasteiger partial charge in [-0.25, -0.2) is 12.7 Å². The molecule has 0 spiro atoms. The van der Waals surface area contributed by atoms with Crippen LogP contribution in [0.4, 0.5) is 5.69 Å². The maximum absolute atomic E-state index is 13.0. The third-order valence-electron chi connectivity index (χ3n) is 5.03. The van der Waals surface area contributed by atoms with Crippen molar-refractivity contribution in [1.82, 2.24) is 4.31 Å². The Morgan fingerprint density at radius 2 is 1.78 bits per heavy atom. The number of para-hydroxylation sites is 1. The Labute approximate surface area is 138 Å². The van der Waals surface area contributed by atoms with Gasteiger partial charge in [0.1, 0.15) is 0 Å². The van der Waals surface area contributed by atoms with Crippen molar-refractivity contribution in [3.63, 3.8) is 0 Å². The highest BCUT2D eigenvalue weighted by Gasteiger charge is 2.35. The van der Waals surface area contributed by atoms with Gasteiger partial charge >= 0.3 is 0 Å². The molecule has 1 amide bonds. The number of piperidine rings is 1. The Hall–Kier alpha value is -1.40. The minimum absolute atomic E-state index is 0.0818. The maximum Gasteiger partial charge on any atom is 0.230 e. The number of benzene rings is 1. The van der Waals surface area contributed by atoms with E-state index in [1.54, 1.807) is 0 Å². The van der Waals surface area contributed by atoms with Gasteiger partial charge in [0.15, 0.2) is 0 Å². The van der Waals surface area contributed by atoms with Crippen molar-refractivity contribution in [2.24, 2.45) is 5.92 Å². The van der Waals surface area contributed by atoms with Crippen molar-refractivity contribution >= 4 is 21.6 Å². The van der Waals surface area contributed by atoms with Gasteiger partial charge in [0.2, 0.25) is 15.9 Å². The fourth-order valence-corrected chi connectivity index (χ4v) is 4.53. The minimum atomic E-state index is -3.15. The molecule has 0 aliphatic carbocycles. The van der Waals surface area contributed by atoms with E-state index in [9.17, 15) is 13.2 Å². The molecule has 0 saturated carbocycles. The molecular weight excluding hydrogens is 312 g/mol. The first-order valence-corrected chi connectivity index (χ1v) is 10.1. The summed E-state index contributed by atoms with van der Waals surface area (Å²) in [5, 5.41) is 0. The van der Waals surface area contributed by atoms with Crippen LogP contribution in [-0.4, -0.2) is 44.0 Å². The van der Waals surface area contributed by atoms with E-state index in [0.29, 0.717) is 25.9 Å². The van der Waals surface area contributed by atoms with E-state index in [1.165, 1.54) is 16.1 Å². The molecule has 1 aromatic carbocycles. The highest BCUT2D eigenvalue weighted by Crippen LogP contribution is 2.33. The predicted octanol–water partition coefficient (Wildman–Crippen LogP) is 2.03. The summed E-state index contributed by atoms with van der Waals surface area (Å²) in [5.41, 5.74) is 2.26. The normalized spacial score (nSPS) is 23.6. The van der Waals surface area contributed by atoms with Crippen LogP contribution < -0.4 is 4.90 Å². The number of amides is 1.